The quantitative estimate of drug-likeness (QED) is 0.239. The highest BCUT2D eigenvalue weighted by atomic mass is 19.1. The summed E-state index contributed by atoms with van der Waals surface area (Å²) in [4.78, 5) is 24.8. The molecule has 1 atom stereocenters. The van der Waals surface area contributed by atoms with Crippen LogP contribution in [0.1, 0.15) is 43.1 Å². The zero-order valence-electron chi connectivity index (χ0n) is 20.3. The lowest BCUT2D eigenvalue weighted by atomic mass is 9.99. The molecule has 0 spiro atoms. The van der Waals surface area contributed by atoms with Gasteiger partial charge in [-0.1, -0.05) is 32.0 Å². The van der Waals surface area contributed by atoms with Crippen molar-refractivity contribution in [3.05, 3.63) is 64.3 Å². The number of anilines is 2. The van der Waals surface area contributed by atoms with Crippen LogP contribution in [0.4, 0.5) is 15.8 Å². The largest absolute Gasteiger partial charge is 0.487 e. The number of carboxylic acid groups (broad SMARTS) is 1. The summed E-state index contributed by atoms with van der Waals surface area (Å²) in [5.41, 5.74) is 6.05. The molecule has 4 aromatic rings. The molecule has 0 saturated carbocycles. The van der Waals surface area contributed by atoms with Crippen molar-refractivity contribution in [3.8, 4) is 5.75 Å². The molecule has 0 amide bonds. The van der Waals surface area contributed by atoms with E-state index in [9.17, 15) is 14.7 Å². The maximum Gasteiger partial charge on any atom is 0.341 e. The Morgan fingerprint density at radius 2 is 2.08 bits per heavy atom. The van der Waals surface area contributed by atoms with Crippen molar-refractivity contribution in [1.82, 2.24) is 9.13 Å². The molecule has 0 aliphatic carbocycles. The summed E-state index contributed by atoms with van der Waals surface area (Å²) in [6.07, 6.45) is 4.77. The topological polar surface area (TPSA) is 112 Å². The second kappa shape index (κ2) is 9.22. The molecule has 5 rings (SSSR count). The van der Waals surface area contributed by atoms with Gasteiger partial charge in [0.1, 0.15) is 17.9 Å². The summed E-state index contributed by atoms with van der Waals surface area (Å²) in [6, 6.07) is 9.96. The molecule has 3 heterocycles. The molecule has 0 unspecified atom stereocenters. The van der Waals surface area contributed by atoms with E-state index in [-0.39, 0.29) is 35.2 Å². The molecule has 2 aromatic heterocycles. The third-order valence-electron chi connectivity index (χ3n) is 6.75. The van der Waals surface area contributed by atoms with Crippen LogP contribution in [0.15, 0.2) is 47.5 Å². The van der Waals surface area contributed by atoms with E-state index < -0.39 is 22.8 Å². The summed E-state index contributed by atoms with van der Waals surface area (Å²) < 4.78 is 25.4. The third-order valence-corrected chi connectivity index (χ3v) is 6.75. The number of hydrogen-bond donors (Lipinski definition) is 3. The van der Waals surface area contributed by atoms with E-state index in [0.717, 1.165) is 17.4 Å². The van der Waals surface area contributed by atoms with Gasteiger partial charge in [0, 0.05) is 31.0 Å². The van der Waals surface area contributed by atoms with E-state index in [0.29, 0.717) is 30.8 Å². The van der Waals surface area contributed by atoms with Crippen LogP contribution in [0.25, 0.3) is 21.8 Å². The number of ether oxygens (including phenoxy) is 1. The van der Waals surface area contributed by atoms with Crippen molar-refractivity contribution in [2.24, 2.45) is 5.92 Å². The fraction of sp³-hybridized carbons (Fsp3) is 0.333. The minimum atomic E-state index is -1.37. The van der Waals surface area contributed by atoms with Gasteiger partial charge in [-0.2, -0.15) is 0 Å². The SMILES string of the molecule is CC(C)C[C@H]1COc2c(NCCCn3ccc4ccccc43)c(F)c(N)c3c(=O)c(C(=O)O)cn1c23. The number of nitrogens with two attached hydrogens (primary N) is 1. The average molecular weight is 493 g/mol. The van der Waals surface area contributed by atoms with Gasteiger partial charge in [-0.05, 0) is 36.3 Å². The Balaban J connectivity index is 1.51. The number of halogens is 1. The van der Waals surface area contributed by atoms with Crippen molar-refractivity contribution in [3.63, 3.8) is 0 Å². The smallest absolute Gasteiger partial charge is 0.341 e. The van der Waals surface area contributed by atoms with Crippen LogP contribution in [0.3, 0.4) is 0 Å². The molecule has 2 aromatic carbocycles. The Kier molecular flexibility index (Phi) is 6.07. The number of nitrogens with one attached hydrogen (secondary N) is 1. The van der Waals surface area contributed by atoms with Gasteiger partial charge in [-0.15, -0.1) is 0 Å². The molecule has 0 bridgehead atoms. The Morgan fingerprint density at radius 1 is 1.31 bits per heavy atom. The van der Waals surface area contributed by atoms with Crippen molar-refractivity contribution in [1.29, 1.82) is 0 Å². The minimum absolute atomic E-state index is 0.0941. The number of hydrogen-bond acceptors (Lipinski definition) is 5. The van der Waals surface area contributed by atoms with Crippen molar-refractivity contribution >= 4 is 39.1 Å². The summed E-state index contributed by atoms with van der Waals surface area (Å²) in [5.74, 6) is -1.70. The molecule has 1 aliphatic heterocycles. The highest BCUT2D eigenvalue weighted by molar-refractivity contribution is 6.03. The van der Waals surface area contributed by atoms with Crippen molar-refractivity contribution in [2.75, 3.05) is 24.2 Å². The number of benzene rings is 2. The number of carbonyl (C=O) groups is 1. The molecule has 0 saturated heterocycles. The standard InChI is InChI=1S/C27H29FN4O4/c1-15(2)12-17-14-36-26-23(30-9-5-10-31-11-8-16-6-3-4-7-19(16)31)21(28)22(29)20-24(26)32(17)13-18(25(20)33)27(34)35/h3-4,6-8,11,13,15,17,30H,5,9-10,12,14,29H2,1-2H3,(H,34,35)/t17-/m0/s1. The van der Waals surface area contributed by atoms with Gasteiger partial charge in [0.2, 0.25) is 5.43 Å². The summed E-state index contributed by atoms with van der Waals surface area (Å²) in [7, 11) is 0. The predicted octanol–water partition coefficient (Wildman–Crippen LogP) is 4.86. The number of carboxylic acids is 1. The first kappa shape index (κ1) is 23.7. The Bertz CT molecular complexity index is 1540. The number of rotatable bonds is 8. The van der Waals surface area contributed by atoms with E-state index in [1.807, 2.05) is 32.2 Å². The van der Waals surface area contributed by atoms with E-state index in [4.69, 9.17) is 10.5 Å². The van der Waals surface area contributed by atoms with Gasteiger partial charge in [-0.25, -0.2) is 9.18 Å². The van der Waals surface area contributed by atoms with Crippen molar-refractivity contribution in [2.45, 2.75) is 39.3 Å². The van der Waals surface area contributed by atoms with Crippen LogP contribution in [-0.4, -0.2) is 33.4 Å². The Hall–Kier alpha value is -4.01. The first-order valence-electron chi connectivity index (χ1n) is 12.1. The molecule has 36 heavy (non-hydrogen) atoms. The van der Waals surface area contributed by atoms with Crippen LogP contribution in [0.2, 0.25) is 0 Å². The Morgan fingerprint density at radius 3 is 2.83 bits per heavy atom. The summed E-state index contributed by atoms with van der Waals surface area (Å²) in [6.45, 7) is 5.50. The normalized spacial score (nSPS) is 14.9. The number of nitrogens with zero attached hydrogens (tertiary/aromatic N) is 2. The molecule has 9 heteroatoms. The van der Waals surface area contributed by atoms with Crippen LogP contribution < -0.4 is 21.2 Å². The molecule has 188 valence electrons. The second-order valence-electron chi connectivity index (χ2n) is 9.68. The van der Waals surface area contributed by atoms with Crippen LogP contribution in [-0.2, 0) is 6.54 Å². The lowest BCUT2D eigenvalue weighted by Gasteiger charge is -2.32. The minimum Gasteiger partial charge on any atom is -0.487 e. The van der Waals surface area contributed by atoms with E-state index in [1.54, 1.807) is 4.57 Å². The van der Waals surface area contributed by atoms with Gasteiger partial charge >= 0.3 is 5.97 Å². The highest BCUT2D eigenvalue weighted by Crippen LogP contribution is 2.44. The van der Waals surface area contributed by atoms with E-state index in [1.165, 1.54) is 6.20 Å². The van der Waals surface area contributed by atoms with Gasteiger partial charge in [0.25, 0.3) is 0 Å². The van der Waals surface area contributed by atoms with Gasteiger partial charge < -0.3 is 30.0 Å². The first-order valence-corrected chi connectivity index (χ1v) is 12.1. The number of pyridine rings is 1. The maximum atomic E-state index is 15.5. The molecule has 4 N–H and O–H groups in total. The molecular formula is C27H29FN4O4. The van der Waals surface area contributed by atoms with Crippen LogP contribution in [0, 0.1) is 11.7 Å². The van der Waals surface area contributed by atoms with Crippen LogP contribution >= 0.6 is 0 Å². The summed E-state index contributed by atoms with van der Waals surface area (Å²) >= 11 is 0. The molecule has 0 fully saturated rings. The molecule has 1 aliphatic rings. The second-order valence-corrected chi connectivity index (χ2v) is 9.68. The Labute approximate surface area is 207 Å². The number of aryl methyl sites for hydroxylation is 1. The number of aromatic carboxylic acids is 1. The molecule has 0 radical (unpaired) electrons. The third kappa shape index (κ3) is 3.94. The highest BCUT2D eigenvalue weighted by Gasteiger charge is 2.32. The van der Waals surface area contributed by atoms with Crippen LogP contribution in [0.5, 0.6) is 5.75 Å². The molecular weight excluding hydrogens is 463 g/mol. The van der Waals surface area contributed by atoms with Gasteiger partial charge in [0.15, 0.2) is 11.6 Å². The fourth-order valence-corrected chi connectivity index (χ4v) is 5.10. The lowest BCUT2D eigenvalue weighted by molar-refractivity contribution is 0.0694. The van der Waals surface area contributed by atoms with Crippen molar-refractivity contribution < 1.29 is 19.0 Å². The number of nitrogen functional groups attached to an aromatic ring is 1. The van der Waals surface area contributed by atoms with Gasteiger partial charge in [-0.3, -0.25) is 4.79 Å². The first-order chi connectivity index (χ1) is 17.3. The summed E-state index contributed by atoms with van der Waals surface area (Å²) in [5, 5.41) is 13.7. The number of aromatic nitrogens is 2. The maximum absolute atomic E-state index is 15.5. The fourth-order valence-electron chi connectivity index (χ4n) is 5.10. The zero-order valence-corrected chi connectivity index (χ0v) is 20.3. The number of fused-ring (bicyclic) bond motifs is 1. The zero-order chi connectivity index (χ0) is 25.6. The average Bonchev–Trinajstić information content (AvgIpc) is 3.25. The molecule has 8 nitrogen and oxygen atoms in total. The number of para-hydroxylation sites is 1. The van der Waals surface area contributed by atoms with E-state index in [2.05, 4.69) is 28.1 Å². The predicted molar refractivity (Wildman–Crippen MR) is 139 cm³/mol. The monoisotopic (exact) mass is 492 g/mol. The van der Waals surface area contributed by atoms with E-state index >= 15 is 4.39 Å². The lowest BCUT2D eigenvalue weighted by Crippen LogP contribution is -2.30. The van der Waals surface area contributed by atoms with Gasteiger partial charge in [0.05, 0.1) is 22.6 Å².